The highest BCUT2D eigenvalue weighted by Gasteiger charge is 2.18. The second kappa shape index (κ2) is 13.4. The predicted molar refractivity (Wildman–Crippen MR) is 175 cm³/mol. The molecule has 43 heavy (non-hydrogen) atoms. The number of aromatic carboxylic acids is 1. The molecule has 6 aromatic rings. The van der Waals surface area contributed by atoms with Crippen molar-refractivity contribution >= 4 is 27.6 Å². The van der Waals surface area contributed by atoms with Crippen LogP contribution in [-0.2, 0) is 32.1 Å². The minimum atomic E-state index is -0.921. The summed E-state index contributed by atoms with van der Waals surface area (Å²) >= 11 is 0. The number of aromatic amines is 1. The van der Waals surface area contributed by atoms with Crippen LogP contribution in [0.5, 0.6) is 5.75 Å². The molecule has 0 fully saturated rings. The number of rotatable bonds is 13. The molecule has 0 atom stereocenters. The van der Waals surface area contributed by atoms with Crippen molar-refractivity contribution in [1.29, 1.82) is 0 Å². The summed E-state index contributed by atoms with van der Waals surface area (Å²) in [5.74, 6) is -0.0617. The number of carboxylic acid groups (broad SMARTS) is 1. The first kappa shape index (κ1) is 28.3. The zero-order valence-electron chi connectivity index (χ0n) is 24.4. The zero-order chi connectivity index (χ0) is 29.4. The summed E-state index contributed by atoms with van der Waals surface area (Å²) in [6.45, 7) is 0.515. The Bertz CT molecular complexity index is 1830. The summed E-state index contributed by atoms with van der Waals surface area (Å²) in [7, 11) is 0. The van der Waals surface area contributed by atoms with Crippen molar-refractivity contribution in [3.8, 4) is 5.75 Å². The van der Waals surface area contributed by atoms with Crippen LogP contribution in [0.15, 0.2) is 115 Å². The maximum atomic E-state index is 12.2. The molecule has 0 amide bonds. The summed E-state index contributed by atoms with van der Waals surface area (Å²) in [4.78, 5) is 15.5. The van der Waals surface area contributed by atoms with Gasteiger partial charge in [-0.25, -0.2) is 4.79 Å². The fourth-order valence-electron chi connectivity index (χ4n) is 6.10. The van der Waals surface area contributed by atoms with E-state index >= 15 is 0 Å². The highest BCUT2D eigenvalue weighted by molar-refractivity contribution is 5.98. The van der Waals surface area contributed by atoms with Gasteiger partial charge >= 0.3 is 5.97 Å². The number of hydrogen-bond donors (Lipinski definition) is 2. The first-order chi connectivity index (χ1) is 21.2. The molecule has 0 aliphatic rings. The van der Waals surface area contributed by atoms with Gasteiger partial charge in [0.1, 0.15) is 11.4 Å². The van der Waals surface area contributed by atoms with Crippen molar-refractivity contribution in [3.05, 3.63) is 149 Å². The van der Waals surface area contributed by atoms with Crippen LogP contribution in [-0.4, -0.2) is 22.7 Å². The summed E-state index contributed by atoms with van der Waals surface area (Å²) in [5, 5.41) is 13.3. The van der Waals surface area contributed by atoms with Gasteiger partial charge in [-0.2, -0.15) is 0 Å². The molecule has 2 N–H and O–H groups in total. The van der Waals surface area contributed by atoms with Gasteiger partial charge in [0, 0.05) is 16.3 Å². The van der Waals surface area contributed by atoms with E-state index in [1.807, 2.05) is 36.4 Å². The Morgan fingerprint density at radius 1 is 0.628 bits per heavy atom. The molecular formula is C39H37NO3. The van der Waals surface area contributed by atoms with Crippen LogP contribution < -0.4 is 4.74 Å². The average molecular weight is 568 g/mol. The third-order valence-electron chi connectivity index (χ3n) is 8.27. The molecule has 1 heterocycles. The maximum Gasteiger partial charge on any atom is 0.352 e. The first-order valence-corrected chi connectivity index (χ1v) is 15.2. The molecule has 1 aromatic heterocycles. The lowest BCUT2D eigenvalue weighted by molar-refractivity contribution is 0.0690. The predicted octanol–water partition coefficient (Wildman–Crippen LogP) is 8.99. The highest BCUT2D eigenvalue weighted by Crippen LogP contribution is 2.29. The first-order valence-electron chi connectivity index (χ1n) is 15.2. The van der Waals surface area contributed by atoms with Gasteiger partial charge in [0.25, 0.3) is 0 Å². The third-order valence-corrected chi connectivity index (χ3v) is 8.27. The van der Waals surface area contributed by atoms with E-state index in [0.29, 0.717) is 13.0 Å². The summed E-state index contributed by atoms with van der Waals surface area (Å²) < 4.78 is 6.14. The van der Waals surface area contributed by atoms with Gasteiger partial charge < -0.3 is 14.8 Å². The van der Waals surface area contributed by atoms with Crippen LogP contribution in [0.3, 0.4) is 0 Å². The molecule has 5 aromatic carbocycles. The lowest BCUT2D eigenvalue weighted by Gasteiger charge is -2.10. The van der Waals surface area contributed by atoms with Crippen molar-refractivity contribution in [3.63, 3.8) is 0 Å². The lowest BCUT2D eigenvalue weighted by atomic mass is 9.98. The lowest BCUT2D eigenvalue weighted by Crippen LogP contribution is -2.04. The molecule has 4 nitrogen and oxygen atoms in total. The quantitative estimate of drug-likeness (QED) is 0.137. The van der Waals surface area contributed by atoms with Gasteiger partial charge in [0.05, 0.1) is 6.61 Å². The molecule has 216 valence electrons. The standard InChI is InChI=1S/C39H37NO3/c41-39(42)38-35(22-10-26-43-36-23-9-18-31-17-4-5-20-33(31)36)34-21-8-19-32(37(34)40-38)25-24-30-16-7-15-29(27-30)14-6-13-28-11-2-1-3-12-28/h1-5,7-9,11-12,15-21,23,27,40H,6,10,13-14,22,24-26H2,(H,41,42). The number of ether oxygens (including phenoxy) is 1. The number of H-pyrrole nitrogens is 1. The average Bonchev–Trinajstić information content (AvgIpc) is 3.42. The van der Waals surface area contributed by atoms with Crippen LogP contribution in [0, 0.1) is 0 Å². The van der Waals surface area contributed by atoms with Gasteiger partial charge in [-0.3, -0.25) is 0 Å². The smallest absolute Gasteiger partial charge is 0.352 e. The molecule has 6 rings (SSSR count). The number of carbonyl (C=O) groups is 1. The number of hydrogen-bond acceptors (Lipinski definition) is 2. The number of carboxylic acids is 1. The summed E-state index contributed by atoms with van der Waals surface area (Å²) in [6, 6.07) is 40.0. The monoisotopic (exact) mass is 567 g/mol. The molecular weight excluding hydrogens is 530 g/mol. The topological polar surface area (TPSA) is 62.3 Å². The van der Waals surface area contributed by atoms with Crippen molar-refractivity contribution < 1.29 is 14.6 Å². The van der Waals surface area contributed by atoms with Crippen molar-refractivity contribution in [2.75, 3.05) is 6.61 Å². The Kier molecular flexibility index (Phi) is 8.84. The van der Waals surface area contributed by atoms with Crippen LogP contribution in [0.25, 0.3) is 21.7 Å². The molecule has 0 saturated heterocycles. The second-order valence-electron chi connectivity index (χ2n) is 11.2. The summed E-state index contributed by atoms with van der Waals surface area (Å²) in [5.41, 5.74) is 7.28. The van der Waals surface area contributed by atoms with E-state index in [1.165, 1.54) is 16.7 Å². The molecule has 0 unspecified atom stereocenters. The number of aromatic nitrogens is 1. The molecule has 0 saturated carbocycles. The van der Waals surface area contributed by atoms with Crippen LogP contribution >= 0.6 is 0 Å². The Morgan fingerprint density at radius 2 is 1.30 bits per heavy atom. The van der Waals surface area contributed by atoms with E-state index in [9.17, 15) is 9.90 Å². The largest absolute Gasteiger partial charge is 0.493 e. The number of fused-ring (bicyclic) bond motifs is 2. The molecule has 0 bridgehead atoms. The van der Waals surface area contributed by atoms with E-state index in [1.54, 1.807) is 0 Å². The highest BCUT2D eigenvalue weighted by atomic mass is 16.5. The van der Waals surface area contributed by atoms with Crippen LogP contribution in [0.4, 0.5) is 0 Å². The maximum absolute atomic E-state index is 12.2. The third kappa shape index (κ3) is 6.81. The van der Waals surface area contributed by atoms with E-state index in [0.717, 1.165) is 77.1 Å². The molecule has 0 aliphatic carbocycles. The minimum Gasteiger partial charge on any atom is -0.493 e. The van der Waals surface area contributed by atoms with Gasteiger partial charge in [-0.05, 0) is 84.2 Å². The van der Waals surface area contributed by atoms with Gasteiger partial charge in [-0.1, -0.05) is 109 Å². The van der Waals surface area contributed by atoms with Crippen molar-refractivity contribution in [2.24, 2.45) is 0 Å². The minimum absolute atomic E-state index is 0.285. The molecule has 0 radical (unpaired) electrons. The molecule has 4 heteroatoms. The fourth-order valence-corrected chi connectivity index (χ4v) is 6.10. The summed E-state index contributed by atoms with van der Waals surface area (Å²) in [6.07, 6.45) is 6.37. The Hall–Kier alpha value is -4.83. The van der Waals surface area contributed by atoms with Crippen LogP contribution in [0.1, 0.15) is 51.1 Å². The molecule has 0 spiro atoms. The van der Waals surface area contributed by atoms with E-state index in [2.05, 4.69) is 83.8 Å². The van der Waals surface area contributed by atoms with E-state index in [4.69, 9.17) is 4.74 Å². The number of benzene rings is 5. The van der Waals surface area contributed by atoms with E-state index < -0.39 is 5.97 Å². The van der Waals surface area contributed by atoms with Gasteiger partial charge in [-0.15, -0.1) is 0 Å². The van der Waals surface area contributed by atoms with Gasteiger partial charge in [0.15, 0.2) is 0 Å². The van der Waals surface area contributed by atoms with Crippen molar-refractivity contribution in [1.82, 2.24) is 4.98 Å². The van der Waals surface area contributed by atoms with E-state index in [-0.39, 0.29) is 5.69 Å². The fraction of sp³-hybridized carbons (Fsp3) is 0.205. The van der Waals surface area contributed by atoms with Crippen molar-refractivity contribution in [2.45, 2.75) is 44.9 Å². The Labute approximate surface area is 253 Å². The normalized spacial score (nSPS) is 11.3. The number of aryl methyl sites for hydroxylation is 5. The zero-order valence-corrected chi connectivity index (χ0v) is 24.4. The Morgan fingerprint density at radius 3 is 2.16 bits per heavy atom. The Balaban J connectivity index is 1.11. The SMILES string of the molecule is O=C(O)c1[nH]c2c(CCc3cccc(CCCc4ccccc4)c3)cccc2c1CCCOc1cccc2ccccc12. The van der Waals surface area contributed by atoms with Crippen LogP contribution in [0.2, 0.25) is 0 Å². The van der Waals surface area contributed by atoms with Gasteiger partial charge in [0.2, 0.25) is 0 Å². The number of para-hydroxylation sites is 1. The molecule has 0 aliphatic heterocycles. The second-order valence-corrected chi connectivity index (χ2v) is 11.2. The number of nitrogens with one attached hydrogen (secondary N) is 1.